The summed E-state index contributed by atoms with van der Waals surface area (Å²) < 4.78 is 40.9. The third kappa shape index (κ3) is 4.67. The van der Waals surface area contributed by atoms with Crippen molar-refractivity contribution < 1.29 is 13.2 Å². The van der Waals surface area contributed by atoms with Crippen LogP contribution in [0.15, 0.2) is 83.7 Å². The van der Waals surface area contributed by atoms with E-state index in [4.69, 9.17) is 23.2 Å². The Morgan fingerprint density at radius 3 is 1.91 bits per heavy atom. The summed E-state index contributed by atoms with van der Waals surface area (Å²) in [5, 5.41) is 10.1. The van der Waals surface area contributed by atoms with Crippen molar-refractivity contribution in [1.82, 2.24) is 19.4 Å². The summed E-state index contributed by atoms with van der Waals surface area (Å²) in [4.78, 5) is 13.1. The molecule has 0 fully saturated rings. The first kappa shape index (κ1) is 23.1. The van der Waals surface area contributed by atoms with Gasteiger partial charge < -0.3 is 0 Å². The molecule has 0 amide bonds. The molecule has 10 heteroatoms. The van der Waals surface area contributed by atoms with Crippen molar-refractivity contribution in [1.29, 1.82) is 0 Å². The van der Waals surface area contributed by atoms with Crippen molar-refractivity contribution in [2.75, 3.05) is 0 Å². The summed E-state index contributed by atoms with van der Waals surface area (Å²) >= 11 is 12.1. The van der Waals surface area contributed by atoms with Gasteiger partial charge in [0, 0.05) is 21.2 Å². The summed E-state index contributed by atoms with van der Waals surface area (Å²) in [6.45, 7) is -0.00706. The van der Waals surface area contributed by atoms with Gasteiger partial charge in [0.1, 0.15) is 0 Å². The topological polar surface area (TPSA) is 52.2 Å². The van der Waals surface area contributed by atoms with E-state index in [0.29, 0.717) is 26.9 Å². The van der Waals surface area contributed by atoms with Crippen LogP contribution in [-0.4, -0.2) is 19.4 Å². The number of aromatic nitrogens is 4. The third-order valence-corrected chi connectivity index (χ3v) is 5.96. The Labute approximate surface area is 207 Å². The lowest BCUT2D eigenvalue weighted by Crippen LogP contribution is -2.23. The van der Waals surface area contributed by atoms with Crippen LogP contribution in [0, 0.1) is 0 Å². The number of nitrogens with zero attached hydrogens (tertiary/aromatic N) is 4. The molecule has 0 aliphatic rings. The number of hydrogen-bond donors (Lipinski definition) is 0. The minimum atomic E-state index is -4.43. The summed E-state index contributed by atoms with van der Waals surface area (Å²) in [6.07, 6.45) is -4.43. The van der Waals surface area contributed by atoms with E-state index in [0.717, 1.165) is 28.8 Å². The second-order valence-electron chi connectivity index (χ2n) is 7.83. The van der Waals surface area contributed by atoms with Gasteiger partial charge in [-0.1, -0.05) is 59.6 Å². The van der Waals surface area contributed by atoms with Crippen molar-refractivity contribution >= 4 is 28.8 Å². The van der Waals surface area contributed by atoms with E-state index in [1.54, 1.807) is 42.5 Å². The maximum absolute atomic E-state index is 13.1. The van der Waals surface area contributed by atoms with Gasteiger partial charge in [-0.2, -0.15) is 22.8 Å². The molecule has 0 atom stereocenters. The van der Waals surface area contributed by atoms with Gasteiger partial charge in [-0.25, -0.2) is 9.48 Å². The minimum absolute atomic E-state index is 0.00706. The van der Waals surface area contributed by atoms with Crippen LogP contribution in [-0.2, 0) is 12.7 Å². The largest absolute Gasteiger partial charge is 0.416 e. The number of rotatable bonds is 4. The first-order chi connectivity index (χ1) is 16.7. The zero-order valence-electron chi connectivity index (χ0n) is 17.8. The molecule has 0 bridgehead atoms. The summed E-state index contributed by atoms with van der Waals surface area (Å²) in [7, 11) is 0. The van der Waals surface area contributed by atoms with Crippen molar-refractivity contribution in [3.05, 3.63) is 111 Å². The predicted octanol–water partition coefficient (Wildman–Crippen LogP) is 6.60. The molecular weight excluding hydrogens is 500 g/mol. The first-order valence-electron chi connectivity index (χ1n) is 10.4. The van der Waals surface area contributed by atoms with E-state index in [9.17, 15) is 18.0 Å². The fraction of sp³-hybridized carbons (Fsp3) is 0.0800. The molecule has 5 nitrogen and oxygen atoms in total. The highest BCUT2D eigenvalue weighted by Crippen LogP contribution is 2.32. The fourth-order valence-electron chi connectivity index (χ4n) is 3.70. The first-order valence-corrected chi connectivity index (χ1v) is 11.1. The zero-order chi connectivity index (χ0) is 24.7. The predicted molar refractivity (Wildman–Crippen MR) is 129 cm³/mol. The number of halogens is 5. The lowest BCUT2D eigenvalue weighted by Gasteiger charge is -2.10. The van der Waals surface area contributed by atoms with E-state index >= 15 is 0 Å². The molecule has 2 aromatic heterocycles. The molecule has 3 aromatic carbocycles. The molecule has 0 saturated carbocycles. The maximum Gasteiger partial charge on any atom is 0.416 e. The van der Waals surface area contributed by atoms with Crippen molar-refractivity contribution in [3.8, 4) is 22.4 Å². The van der Waals surface area contributed by atoms with Gasteiger partial charge in [0.05, 0.1) is 17.8 Å². The SMILES string of the molecule is O=c1n(Cc2ccc(C(F)(F)F)cc2)nc2cc(-c3ccc(Cl)cc3)c(-c3ccc(Cl)cc3)nn12. The second-order valence-corrected chi connectivity index (χ2v) is 8.70. The van der Waals surface area contributed by atoms with Crippen LogP contribution in [0.25, 0.3) is 28.0 Å². The van der Waals surface area contributed by atoms with Crippen LogP contribution in [0.3, 0.4) is 0 Å². The smallest absolute Gasteiger partial charge is 0.244 e. The molecule has 0 unspecified atom stereocenters. The molecule has 0 N–H and O–H groups in total. The fourth-order valence-corrected chi connectivity index (χ4v) is 3.95. The van der Waals surface area contributed by atoms with Gasteiger partial charge in [-0.05, 0) is 53.6 Å². The van der Waals surface area contributed by atoms with Crippen LogP contribution in [0.2, 0.25) is 10.0 Å². The molecule has 35 heavy (non-hydrogen) atoms. The normalized spacial score (nSPS) is 11.8. The monoisotopic (exact) mass is 514 g/mol. The number of benzene rings is 3. The summed E-state index contributed by atoms with van der Waals surface area (Å²) in [5.74, 6) is 0. The standard InChI is InChI=1S/C25H15Cl2F3N4O/c26-19-9-3-16(4-10-19)21-13-22-31-33(14-15-1-7-18(8-2-15)25(28,29)30)24(35)34(22)32-23(21)17-5-11-20(27)12-6-17/h1-13H,14H2. The van der Waals surface area contributed by atoms with E-state index in [1.165, 1.54) is 21.3 Å². The quantitative estimate of drug-likeness (QED) is 0.271. The molecule has 0 radical (unpaired) electrons. The molecule has 176 valence electrons. The Balaban J connectivity index is 1.62. The molecule has 2 heterocycles. The Bertz CT molecular complexity index is 1570. The van der Waals surface area contributed by atoms with Crippen LogP contribution in [0.4, 0.5) is 13.2 Å². The Morgan fingerprint density at radius 2 is 1.34 bits per heavy atom. The van der Waals surface area contributed by atoms with E-state index in [-0.39, 0.29) is 6.54 Å². The molecule has 0 spiro atoms. The summed E-state index contributed by atoms with van der Waals surface area (Å²) in [6, 6.07) is 20.6. The average Bonchev–Trinajstić information content (AvgIpc) is 3.13. The Hall–Kier alpha value is -3.62. The lowest BCUT2D eigenvalue weighted by atomic mass is 10.00. The molecule has 0 aliphatic carbocycles. The van der Waals surface area contributed by atoms with E-state index < -0.39 is 17.4 Å². The zero-order valence-corrected chi connectivity index (χ0v) is 19.3. The highest BCUT2D eigenvalue weighted by atomic mass is 35.5. The number of hydrogen-bond acceptors (Lipinski definition) is 3. The highest BCUT2D eigenvalue weighted by Gasteiger charge is 2.30. The number of alkyl halides is 3. The third-order valence-electron chi connectivity index (χ3n) is 5.46. The van der Waals surface area contributed by atoms with Crippen molar-refractivity contribution in [2.45, 2.75) is 12.7 Å². The van der Waals surface area contributed by atoms with Gasteiger partial charge in [-0.3, -0.25) is 0 Å². The Kier molecular flexibility index (Phi) is 5.86. The maximum atomic E-state index is 13.1. The van der Waals surface area contributed by atoms with Gasteiger partial charge in [0.2, 0.25) is 0 Å². The lowest BCUT2D eigenvalue weighted by molar-refractivity contribution is -0.137. The van der Waals surface area contributed by atoms with Crippen molar-refractivity contribution in [2.24, 2.45) is 0 Å². The molecule has 5 aromatic rings. The molecular formula is C25H15Cl2F3N4O. The van der Waals surface area contributed by atoms with Crippen LogP contribution < -0.4 is 5.69 Å². The number of fused-ring (bicyclic) bond motifs is 1. The molecule has 0 aliphatic heterocycles. The summed E-state index contributed by atoms with van der Waals surface area (Å²) in [5.41, 5.74) is 2.34. The van der Waals surface area contributed by atoms with Crippen LogP contribution >= 0.6 is 23.2 Å². The minimum Gasteiger partial charge on any atom is -0.244 e. The van der Waals surface area contributed by atoms with Gasteiger partial charge in [-0.15, -0.1) is 5.10 Å². The highest BCUT2D eigenvalue weighted by molar-refractivity contribution is 6.31. The van der Waals surface area contributed by atoms with Gasteiger partial charge in [0.15, 0.2) is 5.65 Å². The van der Waals surface area contributed by atoms with E-state index in [2.05, 4.69) is 10.2 Å². The molecule has 0 saturated heterocycles. The molecule has 5 rings (SSSR count). The second kappa shape index (κ2) is 8.87. The van der Waals surface area contributed by atoms with Crippen LogP contribution in [0.1, 0.15) is 11.1 Å². The van der Waals surface area contributed by atoms with Crippen LogP contribution in [0.5, 0.6) is 0 Å². The van der Waals surface area contributed by atoms with Crippen molar-refractivity contribution in [3.63, 3.8) is 0 Å². The Morgan fingerprint density at radius 1 is 0.771 bits per heavy atom. The van der Waals surface area contributed by atoms with Gasteiger partial charge in [0.25, 0.3) is 0 Å². The van der Waals surface area contributed by atoms with E-state index in [1.807, 2.05) is 12.1 Å². The van der Waals surface area contributed by atoms with Gasteiger partial charge >= 0.3 is 11.9 Å². The average molecular weight is 515 g/mol.